The zero-order valence-electron chi connectivity index (χ0n) is 17.8. The Bertz CT molecular complexity index is 1230. The maximum absolute atomic E-state index is 10.8. The number of fused-ring (bicyclic) bond motifs is 1. The average Bonchev–Trinajstić information content (AvgIpc) is 3.06. The van der Waals surface area contributed by atoms with Crippen LogP contribution in [-0.2, 0) is 13.1 Å². The third-order valence-corrected chi connectivity index (χ3v) is 6.03. The van der Waals surface area contributed by atoms with Crippen LogP contribution in [0.4, 0.5) is 11.4 Å². The molecule has 0 unspecified atom stereocenters. The summed E-state index contributed by atoms with van der Waals surface area (Å²) in [6.45, 7) is 5.12. The number of anilines is 1. The number of aromatic nitrogens is 1. The van der Waals surface area contributed by atoms with Gasteiger partial charge in [0.1, 0.15) is 0 Å². The third kappa shape index (κ3) is 4.77. The molecule has 0 aliphatic heterocycles. The van der Waals surface area contributed by atoms with Crippen molar-refractivity contribution in [3.63, 3.8) is 0 Å². The Labute approximate surface area is 192 Å². The molecule has 164 valence electrons. The average molecular weight is 449 g/mol. The maximum Gasteiger partial charge on any atom is 0.269 e. The van der Waals surface area contributed by atoms with Crippen LogP contribution in [0.15, 0.2) is 72.8 Å². The topological polar surface area (TPSA) is 72.1 Å². The maximum atomic E-state index is 10.8. The molecular formula is C25H25ClN4O2. The second-order valence-electron chi connectivity index (χ2n) is 7.67. The second-order valence-corrected chi connectivity index (χ2v) is 8.07. The summed E-state index contributed by atoms with van der Waals surface area (Å²) in [4.78, 5) is 10.4. The van der Waals surface area contributed by atoms with Crippen molar-refractivity contribution in [2.45, 2.75) is 20.0 Å². The molecule has 7 heteroatoms. The number of nitrogens with zero attached hydrogens (tertiary/aromatic N) is 2. The molecule has 0 amide bonds. The Balaban J connectivity index is 1.41. The Morgan fingerprint density at radius 2 is 1.69 bits per heavy atom. The molecule has 4 aromatic rings. The van der Waals surface area contributed by atoms with Gasteiger partial charge in [0.2, 0.25) is 0 Å². The van der Waals surface area contributed by atoms with Crippen molar-refractivity contribution in [3.8, 4) is 0 Å². The number of nitrogens with one attached hydrogen (secondary N) is 2. The first-order valence-corrected chi connectivity index (χ1v) is 10.9. The van der Waals surface area contributed by atoms with Crippen molar-refractivity contribution in [1.29, 1.82) is 0 Å². The van der Waals surface area contributed by atoms with E-state index in [0.29, 0.717) is 0 Å². The highest BCUT2D eigenvalue weighted by atomic mass is 35.5. The number of para-hydroxylation sites is 1. The Morgan fingerprint density at radius 3 is 2.44 bits per heavy atom. The Hall–Kier alpha value is -3.35. The summed E-state index contributed by atoms with van der Waals surface area (Å²) in [6.07, 6.45) is 0. The van der Waals surface area contributed by atoms with Crippen LogP contribution in [0.1, 0.15) is 16.8 Å². The highest BCUT2D eigenvalue weighted by Crippen LogP contribution is 2.28. The van der Waals surface area contributed by atoms with Crippen LogP contribution < -0.4 is 10.6 Å². The summed E-state index contributed by atoms with van der Waals surface area (Å²) in [7, 11) is 0. The molecule has 0 saturated carbocycles. The van der Waals surface area contributed by atoms with Gasteiger partial charge in [-0.25, -0.2) is 0 Å². The number of hydrogen-bond acceptors (Lipinski definition) is 4. The zero-order chi connectivity index (χ0) is 22.5. The van der Waals surface area contributed by atoms with Crippen LogP contribution in [0.2, 0.25) is 5.02 Å². The summed E-state index contributed by atoms with van der Waals surface area (Å²) < 4.78 is 2.32. The first-order valence-electron chi connectivity index (χ1n) is 10.5. The number of non-ortho nitro benzene ring substituents is 1. The molecule has 32 heavy (non-hydrogen) atoms. The van der Waals surface area contributed by atoms with Gasteiger partial charge < -0.3 is 15.2 Å². The van der Waals surface area contributed by atoms with E-state index in [9.17, 15) is 10.1 Å². The first-order chi connectivity index (χ1) is 15.5. The van der Waals surface area contributed by atoms with E-state index in [1.54, 1.807) is 12.1 Å². The van der Waals surface area contributed by atoms with Crippen molar-refractivity contribution in [1.82, 2.24) is 9.88 Å². The molecule has 4 rings (SSSR count). The van der Waals surface area contributed by atoms with Gasteiger partial charge in [0, 0.05) is 65.6 Å². The minimum Gasteiger partial charge on any atom is -0.384 e. The third-order valence-electron chi connectivity index (χ3n) is 5.66. The molecule has 0 atom stereocenters. The summed E-state index contributed by atoms with van der Waals surface area (Å²) >= 11 is 6.41. The van der Waals surface area contributed by atoms with Crippen molar-refractivity contribution in [2.75, 3.05) is 18.4 Å². The molecule has 0 bridgehead atoms. The fourth-order valence-corrected chi connectivity index (χ4v) is 4.13. The van der Waals surface area contributed by atoms with E-state index >= 15 is 0 Å². The molecule has 6 nitrogen and oxygen atoms in total. The van der Waals surface area contributed by atoms with E-state index in [-0.39, 0.29) is 5.69 Å². The SMILES string of the molecule is Cc1c(CNCCNc2ccc([N+](=O)[O-])cc2)c2ccccc2n1Cc1ccccc1Cl. The number of nitro benzene ring substituents is 1. The van der Waals surface area contributed by atoms with Crippen molar-refractivity contribution in [3.05, 3.63) is 105 Å². The lowest BCUT2D eigenvalue weighted by atomic mass is 10.1. The van der Waals surface area contributed by atoms with Gasteiger partial charge in [-0.1, -0.05) is 48.0 Å². The largest absolute Gasteiger partial charge is 0.384 e. The molecular weight excluding hydrogens is 424 g/mol. The highest BCUT2D eigenvalue weighted by molar-refractivity contribution is 6.31. The van der Waals surface area contributed by atoms with Gasteiger partial charge in [0.15, 0.2) is 0 Å². The predicted molar refractivity (Wildman–Crippen MR) is 131 cm³/mol. The van der Waals surface area contributed by atoms with E-state index in [2.05, 4.69) is 52.5 Å². The van der Waals surface area contributed by atoms with E-state index in [0.717, 1.165) is 42.5 Å². The van der Waals surface area contributed by atoms with Gasteiger partial charge in [0.05, 0.1) is 4.92 Å². The lowest BCUT2D eigenvalue weighted by molar-refractivity contribution is -0.384. The molecule has 0 fully saturated rings. The summed E-state index contributed by atoms with van der Waals surface area (Å²) in [5.74, 6) is 0. The molecule has 1 aromatic heterocycles. The predicted octanol–water partition coefficient (Wildman–Crippen LogP) is 5.76. The van der Waals surface area contributed by atoms with Crippen LogP contribution >= 0.6 is 11.6 Å². The first kappa shape index (κ1) is 21.9. The van der Waals surface area contributed by atoms with Gasteiger partial charge in [-0.2, -0.15) is 0 Å². The van der Waals surface area contributed by atoms with E-state index in [1.165, 1.54) is 34.3 Å². The number of nitro groups is 1. The van der Waals surface area contributed by atoms with Crippen molar-refractivity contribution >= 4 is 33.9 Å². The minimum atomic E-state index is -0.393. The lowest BCUT2D eigenvalue weighted by Crippen LogP contribution is -2.22. The van der Waals surface area contributed by atoms with Gasteiger partial charge in [-0.3, -0.25) is 10.1 Å². The van der Waals surface area contributed by atoms with Gasteiger partial charge in [-0.05, 0) is 42.3 Å². The Kier molecular flexibility index (Phi) is 6.73. The number of halogens is 1. The molecule has 0 aliphatic rings. The molecule has 2 N–H and O–H groups in total. The fourth-order valence-electron chi connectivity index (χ4n) is 3.94. The zero-order valence-corrected chi connectivity index (χ0v) is 18.6. The number of hydrogen-bond donors (Lipinski definition) is 2. The van der Waals surface area contributed by atoms with Crippen molar-refractivity contribution < 1.29 is 4.92 Å². The van der Waals surface area contributed by atoms with E-state index in [4.69, 9.17) is 11.6 Å². The Morgan fingerprint density at radius 1 is 0.969 bits per heavy atom. The summed E-state index contributed by atoms with van der Waals surface area (Å²) in [6, 6.07) is 22.9. The number of rotatable bonds is 9. The van der Waals surface area contributed by atoms with Gasteiger partial charge in [0.25, 0.3) is 5.69 Å². The molecule has 0 spiro atoms. The van der Waals surface area contributed by atoms with Gasteiger partial charge in [-0.15, -0.1) is 0 Å². The molecule has 3 aromatic carbocycles. The monoisotopic (exact) mass is 448 g/mol. The van der Waals surface area contributed by atoms with Crippen LogP contribution in [0.25, 0.3) is 10.9 Å². The second kappa shape index (κ2) is 9.85. The smallest absolute Gasteiger partial charge is 0.269 e. The quantitative estimate of drug-likeness (QED) is 0.194. The molecule has 0 saturated heterocycles. The molecule has 1 heterocycles. The highest BCUT2D eigenvalue weighted by Gasteiger charge is 2.14. The minimum absolute atomic E-state index is 0.0948. The fraction of sp³-hybridized carbons (Fsp3) is 0.200. The van der Waals surface area contributed by atoms with E-state index < -0.39 is 4.92 Å². The van der Waals surface area contributed by atoms with Gasteiger partial charge >= 0.3 is 0 Å². The van der Waals surface area contributed by atoms with Crippen LogP contribution in [-0.4, -0.2) is 22.6 Å². The van der Waals surface area contributed by atoms with Crippen LogP contribution in [0, 0.1) is 17.0 Å². The summed E-state index contributed by atoms with van der Waals surface area (Å²) in [5.41, 5.74) is 5.77. The van der Waals surface area contributed by atoms with Crippen LogP contribution in [0.5, 0.6) is 0 Å². The lowest BCUT2D eigenvalue weighted by Gasteiger charge is -2.11. The number of benzene rings is 3. The van der Waals surface area contributed by atoms with Crippen molar-refractivity contribution in [2.24, 2.45) is 0 Å². The standard InChI is InChI=1S/C25H25ClN4O2/c1-18-23(16-27-14-15-28-20-10-12-21(13-11-20)30(31)32)22-7-3-5-9-25(22)29(18)17-19-6-2-4-8-24(19)26/h2-13,27-28H,14-17H2,1H3. The molecule has 0 radical (unpaired) electrons. The van der Waals surface area contributed by atoms with E-state index in [1.807, 2.05) is 18.2 Å². The van der Waals surface area contributed by atoms with Crippen LogP contribution in [0.3, 0.4) is 0 Å². The normalized spacial score (nSPS) is 11.1. The summed E-state index contributed by atoms with van der Waals surface area (Å²) in [5, 5.41) is 19.6. The molecule has 0 aliphatic carbocycles.